The molecule has 7 heteroatoms. The largest absolute Gasteiger partial charge is 0.347 e. The van der Waals surface area contributed by atoms with Crippen molar-refractivity contribution in [3.05, 3.63) is 48.0 Å². The molecule has 0 aliphatic rings. The van der Waals surface area contributed by atoms with Crippen LogP contribution in [0.2, 0.25) is 0 Å². The Bertz CT molecular complexity index is 702. The van der Waals surface area contributed by atoms with E-state index in [1.807, 2.05) is 6.07 Å². The van der Waals surface area contributed by atoms with Crippen molar-refractivity contribution in [2.24, 2.45) is 0 Å². The van der Waals surface area contributed by atoms with Gasteiger partial charge in [-0.1, -0.05) is 12.1 Å². The summed E-state index contributed by atoms with van der Waals surface area (Å²) in [6.45, 7) is 1.67. The minimum Gasteiger partial charge on any atom is -0.347 e. The Morgan fingerprint density at radius 2 is 2.16 bits per heavy atom. The molecule has 2 aromatic rings. The zero-order valence-electron chi connectivity index (χ0n) is 10.2. The van der Waals surface area contributed by atoms with Crippen molar-refractivity contribution in [3.8, 4) is 6.07 Å². The molecule has 1 aromatic carbocycles. The number of aromatic nitrogens is 2. The summed E-state index contributed by atoms with van der Waals surface area (Å²) in [6.07, 6.45) is 3.16. The van der Waals surface area contributed by atoms with Gasteiger partial charge >= 0.3 is 0 Å². The molecule has 0 aliphatic carbocycles. The van der Waals surface area contributed by atoms with Gasteiger partial charge in [0.1, 0.15) is 11.9 Å². The van der Waals surface area contributed by atoms with Crippen molar-refractivity contribution < 1.29 is 8.42 Å². The second kappa shape index (κ2) is 5.22. The molecule has 0 saturated heterocycles. The third-order valence-corrected chi connectivity index (χ3v) is 4.16. The van der Waals surface area contributed by atoms with Crippen molar-refractivity contribution in [2.75, 3.05) is 0 Å². The molecule has 0 amide bonds. The van der Waals surface area contributed by atoms with Gasteiger partial charge in [0, 0.05) is 12.4 Å². The van der Waals surface area contributed by atoms with E-state index in [1.165, 1.54) is 12.1 Å². The third-order valence-electron chi connectivity index (χ3n) is 2.56. The van der Waals surface area contributed by atoms with Gasteiger partial charge in [-0.25, -0.2) is 18.1 Å². The maximum atomic E-state index is 12.2. The maximum absolute atomic E-state index is 12.2. The fourth-order valence-corrected chi connectivity index (χ4v) is 3.02. The highest BCUT2D eigenvalue weighted by molar-refractivity contribution is 7.89. The lowest BCUT2D eigenvalue weighted by Gasteiger charge is -2.12. The molecule has 1 unspecified atom stereocenters. The molecule has 2 N–H and O–H groups in total. The number of hydrogen-bond acceptors (Lipinski definition) is 4. The van der Waals surface area contributed by atoms with Crippen LogP contribution in [0.5, 0.6) is 0 Å². The van der Waals surface area contributed by atoms with Gasteiger partial charge < -0.3 is 4.98 Å². The molecule has 19 heavy (non-hydrogen) atoms. The van der Waals surface area contributed by atoms with Gasteiger partial charge in [-0.2, -0.15) is 5.26 Å². The number of sulfonamides is 1. The number of nitriles is 1. The highest BCUT2D eigenvalue weighted by atomic mass is 32.2. The smallest absolute Gasteiger partial charge is 0.242 e. The van der Waals surface area contributed by atoms with Gasteiger partial charge in [0.05, 0.1) is 16.5 Å². The van der Waals surface area contributed by atoms with E-state index >= 15 is 0 Å². The molecule has 1 aromatic heterocycles. The van der Waals surface area contributed by atoms with Crippen molar-refractivity contribution in [2.45, 2.75) is 17.9 Å². The predicted molar refractivity (Wildman–Crippen MR) is 68.5 cm³/mol. The fraction of sp³-hybridized carbons (Fsp3) is 0.167. The Labute approximate surface area is 111 Å². The summed E-state index contributed by atoms with van der Waals surface area (Å²) in [5, 5.41) is 8.94. The van der Waals surface area contributed by atoms with Crippen LogP contribution in [-0.4, -0.2) is 18.4 Å². The van der Waals surface area contributed by atoms with Gasteiger partial charge in [0.2, 0.25) is 10.0 Å². The first kappa shape index (κ1) is 13.3. The van der Waals surface area contributed by atoms with Crippen molar-refractivity contribution in [3.63, 3.8) is 0 Å². The summed E-state index contributed by atoms with van der Waals surface area (Å²) in [5.74, 6) is 0.512. The van der Waals surface area contributed by atoms with Gasteiger partial charge in [-0.05, 0) is 19.1 Å². The topological polar surface area (TPSA) is 98.6 Å². The first-order valence-corrected chi connectivity index (χ1v) is 7.03. The average Bonchev–Trinajstić information content (AvgIpc) is 2.92. The molecule has 1 atom stereocenters. The van der Waals surface area contributed by atoms with E-state index in [1.54, 1.807) is 31.5 Å². The Hall–Kier alpha value is -2.17. The second-order valence-corrected chi connectivity index (χ2v) is 5.61. The number of imidazole rings is 1. The first-order valence-electron chi connectivity index (χ1n) is 5.55. The number of H-pyrrole nitrogens is 1. The fourth-order valence-electron chi connectivity index (χ4n) is 1.66. The summed E-state index contributed by atoms with van der Waals surface area (Å²) in [4.78, 5) is 6.79. The Morgan fingerprint density at radius 1 is 1.42 bits per heavy atom. The van der Waals surface area contributed by atoms with Gasteiger partial charge in [0.25, 0.3) is 0 Å². The molecule has 1 heterocycles. The molecular weight excluding hydrogens is 264 g/mol. The van der Waals surface area contributed by atoms with Crippen molar-refractivity contribution in [1.29, 1.82) is 5.26 Å². The van der Waals surface area contributed by atoms with Gasteiger partial charge in [0.15, 0.2) is 0 Å². The monoisotopic (exact) mass is 276 g/mol. The normalized spacial score (nSPS) is 12.8. The lowest BCUT2D eigenvalue weighted by Crippen LogP contribution is -2.28. The minimum absolute atomic E-state index is 0.0316. The third kappa shape index (κ3) is 2.81. The van der Waals surface area contributed by atoms with Crippen LogP contribution < -0.4 is 4.72 Å². The molecule has 0 spiro atoms. The van der Waals surface area contributed by atoms with Crippen LogP contribution in [0.4, 0.5) is 0 Å². The standard InChI is InChI=1S/C12H12N4O2S/c1-9(12-14-6-7-15-12)16-19(17,18)11-5-3-2-4-10(11)8-13/h2-7,9,16H,1H3,(H,14,15). The maximum Gasteiger partial charge on any atom is 0.242 e. The summed E-state index contributed by atoms with van der Waals surface area (Å²) >= 11 is 0. The van der Waals surface area contributed by atoms with Crippen LogP contribution >= 0.6 is 0 Å². The van der Waals surface area contributed by atoms with Crippen molar-refractivity contribution in [1.82, 2.24) is 14.7 Å². The molecule has 0 bridgehead atoms. The highest BCUT2D eigenvalue weighted by Crippen LogP contribution is 2.17. The Balaban J connectivity index is 2.31. The molecule has 2 rings (SSSR count). The van der Waals surface area contributed by atoms with E-state index in [2.05, 4.69) is 14.7 Å². The number of aromatic amines is 1. The van der Waals surface area contributed by atoms with E-state index in [0.29, 0.717) is 5.82 Å². The van der Waals surface area contributed by atoms with Crippen LogP contribution in [0.3, 0.4) is 0 Å². The van der Waals surface area contributed by atoms with E-state index in [9.17, 15) is 8.42 Å². The van der Waals surface area contributed by atoms with Crippen molar-refractivity contribution >= 4 is 10.0 Å². The SMILES string of the molecule is CC(NS(=O)(=O)c1ccccc1C#N)c1ncc[nH]1. The number of benzene rings is 1. The molecular formula is C12H12N4O2S. The van der Waals surface area contributed by atoms with E-state index in [-0.39, 0.29) is 10.5 Å². The lowest BCUT2D eigenvalue weighted by atomic mass is 10.2. The number of rotatable bonds is 4. The molecule has 0 saturated carbocycles. The summed E-state index contributed by atoms with van der Waals surface area (Å²) in [7, 11) is -3.76. The molecule has 0 radical (unpaired) electrons. The summed E-state index contributed by atoms with van der Waals surface area (Å²) in [5.41, 5.74) is 0.113. The number of nitrogens with one attached hydrogen (secondary N) is 2. The van der Waals surface area contributed by atoms with E-state index in [4.69, 9.17) is 5.26 Å². The Morgan fingerprint density at radius 3 is 2.79 bits per heavy atom. The van der Waals surface area contributed by atoms with Gasteiger partial charge in [-0.3, -0.25) is 0 Å². The minimum atomic E-state index is -3.76. The predicted octanol–water partition coefficient (Wildman–Crippen LogP) is 1.32. The van der Waals surface area contributed by atoms with Crippen LogP contribution in [0.15, 0.2) is 41.6 Å². The lowest BCUT2D eigenvalue weighted by molar-refractivity contribution is 0.561. The van der Waals surface area contributed by atoms with Crippen LogP contribution in [-0.2, 0) is 10.0 Å². The Kier molecular flexibility index (Phi) is 3.64. The van der Waals surface area contributed by atoms with Crippen LogP contribution in [0.25, 0.3) is 0 Å². The van der Waals surface area contributed by atoms with E-state index < -0.39 is 16.1 Å². The molecule has 6 nitrogen and oxygen atoms in total. The molecule has 0 aliphatic heterocycles. The summed E-state index contributed by atoms with van der Waals surface area (Å²) < 4.78 is 26.9. The van der Waals surface area contributed by atoms with Gasteiger partial charge in [-0.15, -0.1) is 0 Å². The van der Waals surface area contributed by atoms with Crippen LogP contribution in [0.1, 0.15) is 24.4 Å². The van der Waals surface area contributed by atoms with Crippen LogP contribution in [0, 0.1) is 11.3 Å². The highest BCUT2D eigenvalue weighted by Gasteiger charge is 2.22. The summed E-state index contributed by atoms with van der Waals surface area (Å²) in [6, 6.07) is 7.42. The molecule has 98 valence electrons. The number of nitrogens with zero attached hydrogens (tertiary/aromatic N) is 2. The zero-order valence-corrected chi connectivity index (χ0v) is 11.0. The second-order valence-electron chi connectivity index (χ2n) is 3.93. The quantitative estimate of drug-likeness (QED) is 0.879. The average molecular weight is 276 g/mol. The number of hydrogen-bond donors (Lipinski definition) is 2. The molecule has 0 fully saturated rings. The zero-order chi connectivity index (χ0) is 13.9. The first-order chi connectivity index (χ1) is 9.04. The van der Waals surface area contributed by atoms with E-state index in [0.717, 1.165) is 0 Å².